The van der Waals surface area contributed by atoms with Crippen LogP contribution in [0, 0.1) is 6.92 Å². The Morgan fingerprint density at radius 1 is 1.13 bits per heavy atom. The van der Waals surface area contributed by atoms with Gasteiger partial charge in [-0.25, -0.2) is 9.79 Å². The number of aromatic hydroxyl groups is 1. The first-order valence-corrected chi connectivity index (χ1v) is 10.3. The van der Waals surface area contributed by atoms with E-state index in [-0.39, 0.29) is 29.4 Å². The molecule has 0 amide bonds. The molecule has 0 radical (unpaired) electrons. The van der Waals surface area contributed by atoms with Crippen molar-refractivity contribution in [3.05, 3.63) is 63.8 Å². The van der Waals surface area contributed by atoms with E-state index in [1.165, 1.54) is 20.3 Å². The van der Waals surface area contributed by atoms with Crippen LogP contribution in [0.2, 0.25) is 0 Å². The maximum atomic E-state index is 12.5. The third-order valence-electron chi connectivity index (χ3n) is 4.41. The highest BCUT2D eigenvalue weighted by atomic mass is 32.2. The van der Waals surface area contributed by atoms with E-state index < -0.39 is 5.97 Å². The molecule has 0 spiro atoms. The van der Waals surface area contributed by atoms with E-state index in [4.69, 9.17) is 14.2 Å². The Balaban J connectivity index is 2.06. The predicted molar refractivity (Wildman–Crippen MR) is 121 cm³/mol. The molecule has 0 fully saturated rings. The number of phenols is 1. The maximum absolute atomic E-state index is 12.5. The molecule has 1 aliphatic rings. The second kappa shape index (κ2) is 9.61. The van der Waals surface area contributed by atoms with Gasteiger partial charge in [-0.1, -0.05) is 29.5 Å². The van der Waals surface area contributed by atoms with Gasteiger partial charge in [0.1, 0.15) is 16.4 Å². The smallest absolute Gasteiger partial charge is 0.344 e. The molecule has 2 aromatic carbocycles. The molecule has 8 heteroatoms. The van der Waals surface area contributed by atoms with Crippen molar-refractivity contribution in [3.8, 4) is 17.2 Å². The lowest BCUT2D eigenvalue weighted by molar-refractivity contribution is -0.138. The van der Waals surface area contributed by atoms with Crippen molar-refractivity contribution in [3.63, 3.8) is 0 Å². The first kappa shape index (κ1) is 22.3. The van der Waals surface area contributed by atoms with Crippen molar-refractivity contribution >= 4 is 34.5 Å². The number of hydrogen-bond donors (Lipinski definition) is 2. The van der Waals surface area contributed by atoms with Gasteiger partial charge in [0.2, 0.25) is 5.75 Å². The van der Waals surface area contributed by atoms with Crippen LogP contribution in [0.15, 0.2) is 57.6 Å². The predicted octanol–water partition coefficient (Wildman–Crippen LogP) is 4.91. The van der Waals surface area contributed by atoms with Crippen molar-refractivity contribution in [1.82, 2.24) is 0 Å². The van der Waals surface area contributed by atoms with E-state index >= 15 is 0 Å². The normalized spacial score (nSPS) is 16.1. The molecule has 7 nitrogen and oxygen atoms in total. The molecule has 162 valence electrons. The van der Waals surface area contributed by atoms with Crippen molar-refractivity contribution in [2.45, 2.75) is 13.8 Å². The summed E-state index contributed by atoms with van der Waals surface area (Å²) in [5.74, 6) is -0.461. The largest absolute Gasteiger partial charge is 0.506 e. The number of aliphatic hydroxyl groups excluding tert-OH is 1. The van der Waals surface area contributed by atoms with Crippen LogP contribution in [0.1, 0.15) is 18.1 Å². The Morgan fingerprint density at radius 3 is 2.45 bits per heavy atom. The zero-order chi connectivity index (χ0) is 22.5. The Kier molecular flexibility index (Phi) is 6.91. The molecule has 2 N–H and O–H groups in total. The van der Waals surface area contributed by atoms with Gasteiger partial charge in [-0.15, -0.1) is 0 Å². The number of nitrogens with zero attached hydrogens (tertiary/aromatic N) is 1. The van der Waals surface area contributed by atoms with Gasteiger partial charge in [0.25, 0.3) is 0 Å². The summed E-state index contributed by atoms with van der Waals surface area (Å²) in [5.41, 5.74) is 2.28. The first-order chi connectivity index (χ1) is 14.9. The number of aliphatic hydroxyl groups is 1. The van der Waals surface area contributed by atoms with Gasteiger partial charge in [-0.05, 0) is 49.8 Å². The number of ether oxygens (including phenoxy) is 3. The van der Waals surface area contributed by atoms with Crippen LogP contribution in [0.4, 0.5) is 5.69 Å². The summed E-state index contributed by atoms with van der Waals surface area (Å²) in [6.45, 7) is 3.83. The van der Waals surface area contributed by atoms with E-state index in [2.05, 4.69) is 4.99 Å². The van der Waals surface area contributed by atoms with E-state index in [9.17, 15) is 15.0 Å². The van der Waals surface area contributed by atoms with E-state index in [0.717, 1.165) is 17.3 Å². The zero-order valence-electron chi connectivity index (χ0n) is 17.6. The third-order valence-corrected chi connectivity index (χ3v) is 5.43. The van der Waals surface area contributed by atoms with Gasteiger partial charge >= 0.3 is 5.97 Å². The molecule has 0 saturated heterocycles. The molecule has 1 heterocycles. The first-order valence-electron chi connectivity index (χ1n) is 9.48. The highest BCUT2D eigenvalue weighted by molar-refractivity contribution is 8.18. The number of esters is 1. The molecule has 0 aliphatic carbocycles. The Labute approximate surface area is 184 Å². The van der Waals surface area contributed by atoms with Crippen LogP contribution in [0.3, 0.4) is 0 Å². The number of thioether (sulfide) groups is 1. The molecule has 0 saturated carbocycles. The minimum atomic E-state index is -0.656. The lowest BCUT2D eigenvalue weighted by atomic mass is 10.1. The summed E-state index contributed by atoms with van der Waals surface area (Å²) in [5, 5.41) is 21.3. The fourth-order valence-corrected chi connectivity index (χ4v) is 3.96. The SMILES string of the molecule is CCOC(=O)C1=C(O)/C(=C\c2cc(O)c(OC)c(OC)c2)SC1=Nc1ccc(C)cc1. The van der Waals surface area contributed by atoms with Crippen LogP contribution in [-0.2, 0) is 9.53 Å². The third kappa shape index (κ3) is 4.86. The van der Waals surface area contributed by atoms with Gasteiger partial charge in [0.05, 0.1) is 31.4 Å². The monoisotopic (exact) mass is 441 g/mol. The fourth-order valence-electron chi connectivity index (χ4n) is 2.93. The number of rotatable bonds is 6. The molecule has 1 aliphatic heterocycles. The summed E-state index contributed by atoms with van der Waals surface area (Å²) in [7, 11) is 2.89. The molecular formula is C23H23NO6S. The lowest BCUT2D eigenvalue weighted by Crippen LogP contribution is -2.12. The number of methoxy groups -OCH3 is 2. The second-order valence-electron chi connectivity index (χ2n) is 6.58. The number of aryl methyl sites for hydroxylation is 1. The fraction of sp³-hybridized carbons (Fsp3) is 0.217. The molecule has 0 aromatic heterocycles. The van der Waals surface area contributed by atoms with Crippen LogP contribution in [-0.4, -0.2) is 42.1 Å². The van der Waals surface area contributed by atoms with Crippen molar-refractivity contribution in [1.29, 1.82) is 0 Å². The van der Waals surface area contributed by atoms with Gasteiger partial charge in [0.15, 0.2) is 11.5 Å². The highest BCUT2D eigenvalue weighted by Crippen LogP contribution is 2.42. The number of carbonyl (C=O) groups is 1. The molecule has 0 atom stereocenters. The molecule has 2 aromatic rings. The van der Waals surface area contributed by atoms with E-state index in [0.29, 0.717) is 26.9 Å². The number of aliphatic imine (C=N–C) groups is 1. The molecular weight excluding hydrogens is 418 g/mol. The van der Waals surface area contributed by atoms with Gasteiger partial charge in [0, 0.05) is 0 Å². The average Bonchev–Trinajstić information content (AvgIpc) is 3.04. The standard InChI is InChI=1S/C23H23NO6S/c1-5-30-23(27)19-20(26)18(31-22(19)24-15-8-6-13(2)7-9-15)12-14-10-16(25)21(29-4)17(11-14)28-3/h6-12,25-26H,5H2,1-4H3/b18-12+,24-22?. The van der Waals surface area contributed by atoms with Gasteiger partial charge in [-0.2, -0.15) is 0 Å². The summed E-state index contributed by atoms with van der Waals surface area (Å²) in [4.78, 5) is 17.4. The summed E-state index contributed by atoms with van der Waals surface area (Å²) in [6, 6.07) is 10.6. The van der Waals surface area contributed by atoms with E-state index in [1.807, 2.05) is 31.2 Å². The minimum absolute atomic E-state index is 0.00312. The summed E-state index contributed by atoms with van der Waals surface area (Å²) in [6.07, 6.45) is 1.62. The number of phenolic OH excluding ortho intramolecular Hbond substituents is 1. The van der Waals surface area contributed by atoms with Gasteiger partial charge in [-0.3, -0.25) is 0 Å². The highest BCUT2D eigenvalue weighted by Gasteiger charge is 2.33. The molecule has 3 rings (SSSR count). The van der Waals surface area contributed by atoms with Crippen LogP contribution in [0.25, 0.3) is 6.08 Å². The zero-order valence-corrected chi connectivity index (χ0v) is 18.4. The second-order valence-corrected chi connectivity index (χ2v) is 7.61. The van der Waals surface area contributed by atoms with Crippen molar-refractivity contribution < 1.29 is 29.2 Å². The number of carbonyl (C=O) groups excluding carboxylic acids is 1. The number of hydrogen-bond acceptors (Lipinski definition) is 8. The molecule has 0 bridgehead atoms. The quantitative estimate of drug-likeness (QED) is 0.615. The van der Waals surface area contributed by atoms with Crippen molar-refractivity contribution in [2.75, 3.05) is 20.8 Å². The molecule has 31 heavy (non-hydrogen) atoms. The summed E-state index contributed by atoms with van der Waals surface area (Å²) < 4.78 is 15.5. The van der Waals surface area contributed by atoms with Gasteiger partial charge < -0.3 is 24.4 Å². The maximum Gasteiger partial charge on any atom is 0.344 e. The van der Waals surface area contributed by atoms with E-state index in [1.54, 1.807) is 19.1 Å². The van der Waals surface area contributed by atoms with Crippen molar-refractivity contribution in [2.24, 2.45) is 4.99 Å². The Morgan fingerprint density at radius 2 is 1.84 bits per heavy atom. The Hall–Kier alpha value is -3.39. The lowest BCUT2D eigenvalue weighted by Gasteiger charge is -2.10. The van der Waals surface area contributed by atoms with Crippen LogP contribution in [0.5, 0.6) is 17.2 Å². The summed E-state index contributed by atoms with van der Waals surface area (Å²) >= 11 is 1.14. The average molecular weight is 442 g/mol. The number of benzene rings is 2. The Bertz CT molecular complexity index is 1090. The van der Waals surface area contributed by atoms with Crippen LogP contribution < -0.4 is 9.47 Å². The molecule has 0 unspecified atom stereocenters. The topological polar surface area (TPSA) is 97.6 Å². The van der Waals surface area contributed by atoms with Crippen LogP contribution >= 0.6 is 11.8 Å². The minimum Gasteiger partial charge on any atom is -0.506 e.